The summed E-state index contributed by atoms with van der Waals surface area (Å²) in [7, 11) is 0. The van der Waals surface area contributed by atoms with Crippen LogP contribution in [0.2, 0.25) is 0 Å². The van der Waals surface area contributed by atoms with E-state index in [0.29, 0.717) is 17.8 Å². The van der Waals surface area contributed by atoms with E-state index >= 15 is 0 Å². The second kappa shape index (κ2) is 5.61. The quantitative estimate of drug-likeness (QED) is 0.714. The van der Waals surface area contributed by atoms with Crippen molar-refractivity contribution in [1.82, 2.24) is 0 Å². The van der Waals surface area contributed by atoms with E-state index in [0.717, 1.165) is 58.3 Å². The summed E-state index contributed by atoms with van der Waals surface area (Å²) in [5.74, 6) is 0.746. The first kappa shape index (κ1) is 11.1. The summed E-state index contributed by atoms with van der Waals surface area (Å²) in [6.07, 6.45) is 6.28. The molecule has 1 atom stereocenters. The maximum absolute atomic E-state index is 11.4. The van der Waals surface area contributed by atoms with E-state index in [-0.39, 0.29) is 0 Å². The van der Waals surface area contributed by atoms with E-state index < -0.39 is 0 Å². The lowest BCUT2D eigenvalue weighted by atomic mass is 10.0. The van der Waals surface area contributed by atoms with Gasteiger partial charge in [0.05, 0.1) is 6.10 Å². The van der Waals surface area contributed by atoms with Gasteiger partial charge in [0, 0.05) is 32.2 Å². The molecule has 1 saturated carbocycles. The third-order valence-electron chi connectivity index (χ3n) is 3.42. The van der Waals surface area contributed by atoms with Crippen LogP contribution in [0.3, 0.4) is 0 Å². The standard InChI is InChI=1S/C12H20O3/c13-12-3-1-2-10(12)4-9-15-11-5-7-14-8-6-11/h10-11H,1-9H2. The molecule has 1 saturated heterocycles. The average molecular weight is 212 g/mol. The van der Waals surface area contributed by atoms with Crippen molar-refractivity contribution in [3.63, 3.8) is 0 Å². The van der Waals surface area contributed by atoms with Crippen LogP contribution in [0.1, 0.15) is 38.5 Å². The summed E-state index contributed by atoms with van der Waals surface area (Å²) in [6.45, 7) is 2.40. The summed E-state index contributed by atoms with van der Waals surface area (Å²) in [5, 5.41) is 0. The van der Waals surface area contributed by atoms with Gasteiger partial charge in [0.15, 0.2) is 0 Å². The van der Waals surface area contributed by atoms with Crippen molar-refractivity contribution in [3.8, 4) is 0 Å². The van der Waals surface area contributed by atoms with Gasteiger partial charge in [-0.1, -0.05) is 0 Å². The SMILES string of the molecule is O=C1CCCC1CCOC1CCOCC1. The smallest absolute Gasteiger partial charge is 0.136 e. The summed E-state index contributed by atoms with van der Waals surface area (Å²) in [6, 6.07) is 0. The predicted octanol–water partition coefficient (Wildman–Crippen LogP) is 1.94. The highest BCUT2D eigenvalue weighted by atomic mass is 16.5. The monoisotopic (exact) mass is 212 g/mol. The molecular formula is C12H20O3. The number of hydrogen-bond donors (Lipinski definition) is 0. The maximum atomic E-state index is 11.4. The molecule has 3 heteroatoms. The van der Waals surface area contributed by atoms with Gasteiger partial charge in [0.1, 0.15) is 5.78 Å². The lowest BCUT2D eigenvalue weighted by Gasteiger charge is -2.22. The Morgan fingerprint density at radius 2 is 2.07 bits per heavy atom. The minimum Gasteiger partial charge on any atom is -0.381 e. The molecule has 1 aliphatic carbocycles. The molecule has 0 amide bonds. The van der Waals surface area contributed by atoms with Crippen LogP contribution in [-0.4, -0.2) is 31.7 Å². The number of carbonyl (C=O) groups excluding carboxylic acids is 1. The van der Waals surface area contributed by atoms with Gasteiger partial charge < -0.3 is 9.47 Å². The topological polar surface area (TPSA) is 35.5 Å². The summed E-state index contributed by atoms with van der Waals surface area (Å²) in [5.41, 5.74) is 0. The molecule has 0 spiro atoms. The van der Waals surface area contributed by atoms with Gasteiger partial charge in [-0.25, -0.2) is 0 Å². The van der Waals surface area contributed by atoms with Crippen molar-refractivity contribution in [2.75, 3.05) is 19.8 Å². The fourth-order valence-electron chi connectivity index (χ4n) is 2.41. The minimum absolute atomic E-state index is 0.296. The molecule has 0 radical (unpaired) electrons. The zero-order valence-corrected chi connectivity index (χ0v) is 9.24. The zero-order chi connectivity index (χ0) is 10.5. The van der Waals surface area contributed by atoms with Gasteiger partial charge in [-0.2, -0.15) is 0 Å². The molecule has 0 aromatic rings. The van der Waals surface area contributed by atoms with Crippen LogP contribution in [0.4, 0.5) is 0 Å². The number of carbonyl (C=O) groups is 1. The summed E-state index contributed by atoms with van der Waals surface area (Å²) < 4.78 is 11.0. The molecule has 1 heterocycles. The minimum atomic E-state index is 0.296. The molecule has 0 bridgehead atoms. The third-order valence-corrected chi connectivity index (χ3v) is 3.42. The number of ether oxygens (including phenoxy) is 2. The normalized spacial score (nSPS) is 28.5. The summed E-state index contributed by atoms with van der Waals surface area (Å²) >= 11 is 0. The van der Waals surface area contributed by atoms with Gasteiger partial charge in [0.2, 0.25) is 0 Å². The highest BCUT2D eigenvalue weighted by Crippen LogP contribution is 2.24. The summed E-state index contributed by atoms with van der Waals surface area (Å²) in [4.78, 5) is 11.4. The van der Waals surface area contributed by atoms with Crippen molar-refractivity contribution in [2.45, 2.75) is 44.6 Å². The molecule has 0 aromatic carbocycles. The first-order chi connectivity index (χ1) is 7.36. The van der Waals surface area contributed by atoms with Crippen LogP contribution in [0.25, 0.3) is 0 Å². The lowest BCUT2D eigenvalue weighted by molar-refractivity contribution is -0.121. The Kier molecular flexibility index (Phi) is 4.15. The van der Waals surface area contributed by atoms with Gasteiger partial charge in [0.25, 0.3) is 0 Å². The molecule has 2 fully saturated rings. The molecule has 15 heavy (non-hydrogen) atoms. The number of rotatable bonds is 4. The lowest BCUT2D eigenvalue weighted by Crippen LogP contribution is -2.24. The van der Waals surface area contributed by atoms with E-state index in [1.165, 1.54) is 0 Å². The third kappa shape index (κ3) is 3.28. The Morgan fingerprint density at radius 1 is 1.27 bits per heavy atom. The first-order valence-corrected chi connectivity index (χ1v) is 6.08. The van der Waals surface area contributed by atoms with Gasteiger partial charge in [-0.3, -0.25) is 4.79 Å². The Bertz CT molecular complexity index is 209. The van der Waals surface area contributed by atoms with Crippen LogP contribution in [0.5, 0.6) is 0 Å². The predicted molar refractivity (Wildman–Crippen MR) is 56.8 cm³/mol. The molecule has 2 aliphatic rings. The van der Waals surface area contributed by atoms with Crippen LogP contribution < -0.4 is 0 Å². The van der Waals surface area contributed by atoms with E-state index in [9.17, 15) is 4.79 Å². The molecule has 1 unspecified atom stereocenters. The molecular weight excluding hydrogens is 192 g/mol. The highest BCUT2D eigenvalue weighted by molar-refractivity contribution is 5.82. The van der Waals surface area contributed by atoms with Gasteiger partial charge >= 0.3 is 0 Å². The van der Waals surface area contributed by atoms with Crippen molar-refractivity contribution in [2.24, 2.45) is 5.92 Å². The first-order valence-electron chi connectivity index (χ1n) is 6.08. The fourth-order valence-corrected chi connectivity index (χ4v) is 2.41. The molecule has 86 valence electrons. The van der Waals surface area contributed by atoms with Crippen molar-refractivity contribution in [3.05, 3.63) is 0 Å². The van der Waals surface area contributed by atoms with Crippen LogP contribution in [0.15, 0.2) is 0 Å². The maximum Gasteiger partial charge on any atom is 0.136 e. The second-order valence-electron chi connectivity index (χ2n) is 4.53. The Morgan fingerprint density at radius 3 is 2.73 bits per heavy atom. The Labute approximate surface area is 91.1 Å². The Balaban J connectivity index is 1.59. The fraction of sp³-hybridized carbons (Fsp3) is 0.917. The van der Waals surface area contributed by atoms with Crippen molar-refractivity contribution >= 4 is 5.78 Å². The van der Waals surface area contributed by atoms with Gasteiger partial charge in [-0.15, -0.1) is 0 Å². The zero-order valence-electron chi connectivity index (χ0n) is 9.24. The van der Waals surface area contributed by atoms with Crippen LogP contribution in [0, 0.1) is 5.92 Å². The molecule has 2 rings (SSSR count). The second-order valence-corrected chi connectivity index (χ2v) is 4.53. The number of ketones is 1. The molecule has 0 aromatic heterocycles. The van der Waals surface area contributed by atoms with Crippen molar-refractivity contribution < 1.29 is 14.3 Å². The van der Waals surface area contributed by atoms with Crippen molar-refractivity contribution in [1.29, 1.82) is 0 Å². The van der Waals surface area contributed by atoms with E-state index in [1.807, 2.05) is 0 Å². The molecule has 3 nitrogen and oxygen atoms in total. The Hall–Kier alpha value is -0.410. The highest BCUT2D eigenvalue weighted by Gasteiger charge is 2.24. The largest absolute Gasteiger partial charge is 0.381 e. The van der Waals surface area contributed by atoms with E-state index in [2.05, 4.69) is 0 Å². The number of hydrogen-bond acceptors (Lipinski definition) is 3. The van der Waals surface area contributed by atoms with Crippen LogP contribution >= 0.6 is 0 Å². The van der Waals surface area contributed by atoms with Crippen LogP contribution in [-0.2, 0) is 14.3 Å². The van der Waals surface area contributed by atoms with Gasteiger partial charge in [-0.05, 0) is 32.1 Å². The average Bonchev–Trinajstić information content (AvgIpc) is 2.66. The van der Waals surface area contributed by atoms with E-state index in [4.69, 9.17) is 9.47 Å². The molecule has 0 N–H and O–H groups in total. The number of Topliss-reactive ketones (excluding diaryl/α,β-unsaturated/α-hetero) is 1. The van der Waals surface area contributed by atoms with E-state index in [1.54, 1.807) is 0 Å². The molecule has 1 aliphatic heterocycles.